The maximum atomic E-state index is 9.39. The Balaban J connectivity index is 2.96. The maximum Gasteiger partial charge on any atom is 0.327 e. The van der Waals surface area contributed by atoms with Crippen LogP contribution in [0.1, 0.15) is 11.7 Å². The topological polar surface area (TPSA) is 66.5 Å². The lowest BCUT2D eigenvalue weighted by molar-refractivity contribution is 0.187. The van der Waals surface area contributed by atoms with Gasteiger partial charge in [0, 0.05) is 6.54 Å². The first kappa shape index (κ1) is 9.25. The molecule has 12 heavy (non-hydrogen) atoms. The van der Waals surface area contributed by atoms with Crippen LogP contribution in [0.3, 0.4) is 0 Å². The zero-order valence-corrected chi connectivity index (χ0v) is 6.64. The SMILES string of the molecule is NCC(O)c1ccccc1[B]O. The van der Waals surface area contributed by atoms with E-state index in [4.69, 9.17) is 10.8 Å². The summed E-state index contributed by atoms with van der Waals surface area (Å²) in [6, 6.07) is 7.03. The summed E-state index contributed by atoms with van der Waals surface area (Å²) in [5.41, 5.74) is 6.54. The van der Waals surface area contributed by atoms with Crippen molar-refractivity contribution >= 4 is 12.9 Å². The zero-order chi connectivity index (χ0) is 8.97. The number of hydrogen-bond acceptors (Lipinski definition) is 3. The largest absolute Gasteiger partial charge is 0.450 e. The number of aliphatic hydroxyl groups is 1. The van der Waals surface area contributed by atoms with Gasteiger partial charge in [-0.1, -0.05) is 24.3 Å². The standard InChI is InChI=1S/C8H11BNO2/c10-5-8(11)6-3-1-2-4-7(6)9-12/h1-4,8,11-12H,5,10H2. The van der Waals surface area contributed by atoms with Crippen LogP contribution in [0, 0.1) is 0 Å². The zero-order valence-electron chi connectivity index (χ0n) is 6.64. The maximum absolute atomic E-state index is 9.39. The molecule has 1 aromatic carbocycles. The van der Waals surface area contributed by atoms with Crippen LogP contribution in [0.15, 0.2) is 24.3 Å². The van der Waals surface area contributed by atoms with Gasteiger partial charge in [-0.05, 0) is 11.0 Å². The van der Waals surface area contributed by atoms with E-state index in [9.17, 15) is 5.11 Å². The monoisotopic (exact) mass is 164 g/mol. The van der Waals surface area contributed by atoms with Crippen molar-refractivity contribution in [1.29, 1.82) is 0 Å². The summed E-state index contributed by atoms with van der Waals surface area (Å²) < 4.78 is 0. The Hall–Kier alpha value is -0.835. The minimum absolute atomic E-state index is 0.158. The first-order valence-corrected chi connectivity index (χ1v) is 3.74. The molecule has 4 heteroatoms. The van der Waals surface area contributed by atoms with Crippen molar-refractivity contribution in [3.63, 3.8) is 0 Å². The van der Waals surface area contributed by atoms with Gasteiger partial charge in [-0.25, -0.2) is 0 Å². The van der Waals surface area contributed by atoms with E-state index in [-0.39, 0.29) is 6.54 Å². The fourth-order valence-electron chi connectivity index (χ4n) is 1.06. The summed E-state index contributed by atoms with van der Waals surface area (Å²) in [4.78, 5) is 0. The highest BCUT2D eigenvalue weighted by molar-refractivity contribution is 6.46. The Morgan fingerprint density at radius 1 is 1.42 bits per heavy atom. The second kappa shape index (κ2) is 4.26. The second-order valence-corrected chi connectivity index (χ2v) is 2.51. The van der Waals surface area contributed by atoms with Crippen molar-refractivity contribution in [2.75, 3.05) is 6.54 Å². The molecule has 0 aliphatic rings. The minimum atomic E-state index is -0.704. The van der Waals surface area contributed by atoms with Crippen molar-refractivity contribution in [2.24, 2.45) is 5.73 Å². The van der Waals surface area contributed by atoms with Gasteiger partial charge >= 0.3 is 7.48 Å². The van der Waals surface area contributed by atoms with Gasteiger partial charge < -0.3 is 15.9 Å². The first-order valence-electron chi connectivity index (χ1n) is 3.74. The lowest BCUT2D eigenvalue weighted by atomic mass is 9.82. The normalized spacial score (nSPS) is 12.6. The molecule has 0 aromatic heterocycles. The Kier molecular flexibility index (Phi) is 3.28. The van der Waals surface area contributed by atoms with Gasteiger partial charge in [-0.2, -0.15) is 0 Å². The van der Waals surface area contributed by atoms with Crippen LogP contribution < -0.4 is 11.2 Å². The highest BCUT2D eigenvalue weighted by Gasteiger charge is 2.09. The molecule has 0 fully saturated rings. The number of nitrogens with two attached hydrogens (primary N) is 1. The molecule has 0 aliphatic carbocycles. The number of aliphatic hydroxyl groups excluding tert-OH is 1. The molecule has 0 amide bonds. The van der Waals surface area contributed by atoms with Crippen molar-refractivity contribution in [2.45, 2.75) is 6.10 Å². The Bertz CT molecular complexity index is 255. The summed E-state index contributed by atoms with van der Waals surface area (Å²) in [5, 5.41) is 18.2. The fraction of sp³-hybridized carbons (Fsp3) is 0.250. The molecule has 1 aromatic rings. The van der Waals surface area contributed by atoms with Crippen molar-refractivity contribution < 1.29 is 10.1 Å². The van der Waals surface area contributed by atoms with E-state index in [1.54, 1.807) is 24.3 Å². The van der Waals surface area contributed by atoms with E-state index in [2.05, 4.69) is 0 Å². The summed E-state index contributed by atoms with van der Waals surface area (Å²) >= 11 is 0. The quantitative estimate of drug-likeness (QED) is 0.497. The van der Waals surface area contributed by atoms with Crippen LogP contribution in [-0.2, 0) is 0 Å². The lowest BCUT2D eigenvalue weighted by Gasteiger charge is -2.11. The lowest BCUT2D eigenvalue weighted by Crippen LogP contribution is -2.24. The molecular formula is C8H11BNO2. The van der Waals surface area contributed by atoms with Crippen molar-refractivity contribution in [3.05, 3.63) is 29.8 Å². The van der Waals surface area contributed by atoms with Gasteiger partial charge in [0.05, 0.1) is 6.10 Å². The van der Waals surface area contributed by atoms with E-state index in [0.29, 0.717) is 11.0 Å². The second-order valence-electron chi connectivity index (χ2n) is 2.51. The van der Waals surface area contributed by atoms with Crippen LogP contribution in [0.5, 0.6) is 0 Å². The van der Waals surface area contributed by atoms with Crippen LogP contribution in [0.25, 0.3) is 0 Å². The molecule has 1 rings (SSSR count). The van der Waals surface area contributed by atoms with Gasteiger partial charge in [0.2, 0.25) is 0 Å². The van der Waals surface area contributed by atoms with E-state index in [1.807, 2.05) is 0 Å². The van der Waals surface area contributed by atoms with Gasteiger partial charge in [0.15, 0.2) is 0 Å². The van der Waals surface area contributed by atoms with E-state index >= 15 is 0 Å². The van der Waals surface area contributed by atoms with Crippen LogP contribution in [-0.4, -0.2) is 24.2 Å². The third-order valence-corrected chi connectivity index (χ3v) is 1.72. The van der Waals surface area contributed by atoms with E-state index < -0.39 is 6.10 Å². The van der Waals surface area contributed by atoms with Crippen molar-refractivity contribution in [1.82, 2.24) is 0 Å². The average molecular weight is 164 g/mol. The number of benzene rings is 1. The first-order chi connectivity index (χ1) is 5.79. The molecule has 4 N–H and O–H groups in total. The predicted molar refractivity (Wildman–Crippen MR) is 48.1 cm³/mol. The highest BCUT2D eigenvalue weighted by atomic mass is 16.3. The van der Waals surface area contributed by atoms with Crippen molar-refractivity contribution in [3.8, 4) is 0 Å². The molecule has 0 spiro atoms. The Labute approximate surface area is 72.1 Å². The molecular weight excluding hydrogens is 153 g/mol. The molecule has 3 nitrogen and oxygen atoms in total. The molecule has 1 unspecified atom stereocenters. The smallest absolute Gasteiger partial charge is 0.327 e. The molecule has 0 bridgehead atoms. The molecule has 63 valence electrons. The summed E-state index contributed by atoms with van der Waals surface area (Å²) in [5.74, 6) is 0. The predicted octanol–water partition coefficient (Wildman–Crippen LogP) is -1.08. The van der Waals surface area contributed by atoms with Crippen LogP contribution in [0.4, 0.5) is 0 Å². The molecule has 0 saturated carbocycles. The van der Waals surface area contributed by atoms with Crippen LogP contribution in [0.2, 0.25) is 0 Å². The summed E-state index contributed by atoms with van der Waals surface area (Å²) in [6.07, 6.45) is -0.704. The molecule has 0 aliphatic heterocycles. The third-order valence-electron chi connectivity index (χ3n) is 1.72. The Morgan fingerprint density at radius 3 is 2.67 bits per heavy atom. The van der Waals surface area contributed by atoms with Crippen LogP contribution >= 0.6 is 0 Å². The molecule has 1 atom stereocenters. The highest BCUT2D eigenvalue weighted by Crippen LogP contribution is 2.07. The number of hydrogen-bond donors (Lipinski definition) is 3. The third kappa shape index (κ3) is 1.85. The van der Waals surface area contributed by atoms with Gasteiger partial charge in [0.1, 0.15) is 0 Å². The van der Waals surface area contributed by atoms with Gasteiger partial charge in [0.25, 0.3) is 0 Å². The number of rotatable bonds is 3. The van der Waals surface area contributed by atoms with Gasteiger partial charge in [-0.3, -0.25) is 0 Å². The molecule has 0 saturated heterocycles. The minimum Gasteiger partial charge on any atom is -0.450 e. The van der Waals surface area contributed by atoms with E-state index in [1.165, 1.54) is 0 Å². The Morgan fingerprint density at radius 2 is 2.08 bits per heavy atom. The fourth-order valence-corrected chi connectivity index (χ4v) is 1.06. The average Bonchev–Trinajstić information content (AvgIpc) is 2.16. The summed E-state index contributed by atoms with van der Waals surface area (Å²) in [7, 11) is 0.966. The molecule has 0 heterocycles. The summed E-state index contributed by atoms with van der Waals surface area (Å²) in [6.45, 7) is 0.158. The van der Waals surface area contributed by atoms with Gasteiger partial charge in [-0.15, -0.1) is 0 Å². The van der Waals surface area contributed by atoms with E-state index in [0.717, 1.165) is 7.48 Å². The molecule has 1 radical (unpaired) electrons.